The lowest BCUT2D eigenvalue weighted by atomic mass is 9.96. The zero-order valence-electron chi connectivity index (χ0n) is 27.6. The number of hydrogen-bond donors (Lipinski definition) is 2. The smallest absolute Gasteiger partial charge is 0.303 e. The van der Waals surface area contributed by atoms with Gasteiger partial charge in [0.05, 0.1) is 17.9 Å². The Hall–Kier alpha value is -2.50. The quantitative estimate of drug-likeness (QED) is 0.0775. The van der Waals surface area contributed by atoms with Crippen molar-refractivity contribution in [2.24, 2.45) is 21.4 Å². The predicted octanol–water partition coefficient (Wildman–Crippen LogP) is 6.78. The molecule has 45 heavy (non-hydrogen) atoms. The number of Topliss-reactive ketones (excluding diaryl/α,β-unsaturated/α-hetero) is 2. The van der Waals surface area contributed by atoms with Gasteiger partial charge in [-0.2, -0.15) is 5.11 Å². The molecule has 11 nitrogen and oxygen atoms in total. The van der Waals surface area contributed by atoms with E-state index in [4.69, 9.17) is 5.11 Å². The lowest BCUT2D eigenvalue weighted by molar-refractivity contribution is -0.139. The molecular formula is C33H58N4O7S. The number of sulfone groups is 1. The maximum Gasteiger partial charge on any atom is 0.303 e. The van der Waals surface area contributed by atoms with Crippen LogP contribution in [0.15, 0.2) is 15.4 Å². The van der Waals surface area contributed by atoms with Crippen molar-refractivity contribution in [1.29, 1.82) is 0 Å². The van der Waals surface area contributed by atoms with Crippen LogP contribution < -0.4 is 5.32 Å². The molecule has 0 fully saturated rings. The summed E-state index contributed by atoms with van der Waals surface area (Å²) in [6, 6.07) is 0. The first-order valence-electron chi connectivity index (χ1n) is 17.2. The molecule has 1 rings (SSSR count). The van der Waals surface area contributed by atoms with Crippen LogP contribution in [-0.4, -0.2) is 67.3 Å². The Morgan fingerprint density at radius 3 is 1.93 bits per heavy atom. The summed E-state index contributed by atoms with van der Waals surface area (Å²) in [4.78, 5) is 46.6. The summed E-state index contributed by atoms with van der Waals surface area (Å²) in [6.45, 7) is 2.91. The molecule has 0 saturated heterocycles. The predicted molar refractivity (Wildman–Crippen MR) is 177 cm³/mol. The van der Waals surface area contributed by atoms with E-state index in [2.05, 4.69) is 20.8 Å². The minimum absolute atomic E-state index is 0.0390. The molecule has 12 heteroatoms. The van der Waals surface area contributed by atoms with Gasteiger partial charge in [0.25, 0.3) is 0 Å². The van der Waals surface area contributed by atoms with Crippen LogP contribution in [0.1, 0.15) is 148 Å². The van der Waals surface area contributed by atoms with Crippen molar-refractivity contribution >= 4 is 39.0 Å². The van der Waals surface area contributed by atoms with Gasteiger partial charge in [0.1, 0.15) is 23.9 Å². The maximum absolute atomic E-state index is 12.3. The van der Waals surface area contributed by atoms with Crippen LogP contribution in [0.5, 0.6) is 0 Å². The van der Waals surface area contributed by atoms with Gasteiger partial charge in [0, 0.05) is 31.7 Å². The summed E-state index contributed by atoms with van der Waals surface area (Å²) in [6.07, 6.45) is 18.8. The fraction of sp³-hybridized carbons (Fsp3) is 0.848. The summed E-state index contributed by atoms with van der Waals surface area (Å²) >= 11 is 0. The first-order valence-corrected chi connectivity index (χ1v) is 19.1. The standard InChI is InChI=1S/C33H58N4O7S/c1-28(31(39)22-23-33(41)42)18-15-16-24-34-32(40)21-17-25-45(43,44)27-30(38)20-14-12-10-8-6-4-2-3-5-7-9-11-13-19-29-26-35-37-36-29/h28H,2-27H2,1H3,(H,34,40)(H,41,42)/t28-/m1/s1. The third-order valence-corrected chi connectivity index (χ3v) is 9.86. The van der Waals surface area contributed by atoms with Gasteiger partial charge >= 0.3 is 5.97 Å². The van der Waals surface area contributed by atoms with Crippen molar-refractivity contribution in [3.05, 3.63) is 0 Å². The van der Waals surface area contributed by atoms with E-state index in [0.29, 0.717) is 32.4 Å². The van der Waals surface area contributed by atoms with E-state index in [-0.39, 0.29) is 54.8 Å². The molecule has 1 heterocycles. The summed E-state index contributed by atoms with van der Waals surface area (Å²) in [5.41, 5.74) is 1.11. The Labute approximate surface area is 270 Å². The number of unbranched alkanes of at least 4 members (excludes halogenated alkanes) is 13. The van der Waals surface area contributed by atoms with Gasteiger partial charge in [-0.1, -0.05) is 84.0 Å². The lowest BCUT2D eigenvalue weighted by Crippen LogP contribution is -2.25. The molecule has 0 unspecified atom stereocenters. The Balaban J connectivity index is 1.91. The van der Waals surface area contributed by atoms with Crippen molar-refractivity contribution in [2.45, 2.75) is 148 Å². The highest BCUT2D eigenvalue weighted by molar-refractivity contribution is 7.92. The Morgan fingerprint density at radius 1 is 0.756 bits per heavy atom. The van der Waals surface area contributed by atoms with Crippen molar-refractivity contribution < 1.29 is 32.7 Å². The van der Waals surface area contributed by atoms with Crippen LogP contribution >= 0.6 is 0 Å². The third-order valence-electron chi connectivity index (χ3n) is 8.18. The number of rotatable bonds is 31. The number of amides is 1. The fourth-order valence-corrected chi connectivity index (χ4v) is 6.70. The SMILES string of the molecule is C[C@H](CCCCNC(=O)CCCS(=O)(=O)CC(=O)CCCCCCCCCCCCCCCC1=NN=NC1)C(=O)CCC(=O)O. The van der Waals surface area contributed by atoms with Gasteiger partial charge in [0.15, 0.2) is 9.84 Å². The number of carbonyl (C=O) groups is 4. The summed E-state index contributed by atoms with van der Waals surface area (Å²) in [5, 5.41) is 22.9. The highest BCUT2D eigenvalue weighted by Gasteiger charge is 2.17. The number of carbonyl (C=O) groups excluding carboxylic acids is 3. The normalized spacial score (nSPS) is 13.5. The van der Waals surface area contributed by atoms with E-state index in [1.54, 1.807) is 6.92 Å². The number of aliphatic carboxylic acids is 1. The number of hydrogen-bond acceptors (Lipinski definition) is 9. The molecule has 2 N–H and O–H groups in total. The Bertz CT molecular complexity index is 1040. The number of ketones is 2. The molecule has 0 saturated carbocycles. The van der Waals surface area contributed by atoms with Crippen LogP contribution in [0.3, 0.4) is 0 Å². The second-order valence-electron chi connectivity index (χ2n) is 12.5. The molecule has 0 spiro atoms. The van der Waals surface area contributed by atoms with E-state index >= 15 is 0 Å². The second kappa shape index (κ2) is 25.7. The van der Waals surface area contributed by atoms with Crippen LogP contribution in [-0.2, 0) is 29.0 Å². The van der Waals surface area contributed by atoms with Gasteiger partial charge in [-0.05, 0) is 43.7 Å². The van der Waals surface area contributed by atoms with Crippen molar-refractivity contribution in [1.82, 2.24) is 5.32 Å². The number of carboxylic acid groups (broad SMARTS) is 1. The van der Waals surface area contributed by atoms with Crippen LogP contribution in [0.2, 0.25) is 0 Å². The molecule has 1 amide bonds. The fourth-order valence-electron chi connectivity index (χ4n) is 5.34. The summed E-state index contributed by atoms with van der Waals surface area (Å²) in [7, 11) is -3.52. The first kappa shape index (κ1) is 40.5. The van der Waals surface area contributed by atoms with Gasteiger partial charge in [-0.3, -0.25) is 19.2 Å². The monoisotopic (exact) mass is 654 g/mol. The van der Waals surface area contributed by atoms with E-state index in [1.807, 2.05) is 0 Å². The highest BCUT2D eigenvalue weighted by atomic mass is 32.2. The number of carboxylic acids is 1. The molecule has 258 valence electrons. The average molecular weight is 655 g/mol. The van der Waals surface area contributed by atoms with Gasteiger partial charge in [0.2, 0.25) is 5.91 Å². The van der Waals surface area contributed by atoms with Crippen LogP contribution in [0.25, 0.3) is 0 Å². The molecule has 1 atom stereocenters. The van der Waals surface area contributed by atoms with E-state index in [0.717, 1.165) is 44.2 Å². The van der Waals surface area contributed by atoms with Crippen molar-refractivity contribution in [3.63, 3.8) is 0 Å². The molecule has 1 aliphatic heterocycles. The molecule has 0 aromatic heterocycles. The van der Waals surface area contributed by atoms with Crippen molar-refractivity contribution in [2.75, 3.05) is 24.6 Å². The first-order chi connectivity index (χ1) is 21.6. The molecule has 1 aliphatic rings. The van der Waals surface area contributed by atoms with Gasteiger partial charge in [-0.15, -0.1) is 5.10 Å². The minimum Gasteiger partial charge on any atom is -0.481 e. The van der Waals surface area contributed by atoms with E-state index < -0.39 is 21.6 Å². The highest BCUT2D eigenvalue weighted by Crippen LogP contribution is 2.15. The van der Waals surface area contributed by atoms with E-state index in [9.17, 15) is 27.6 Å². The Morgan fingerprint density at radius 2 is 1.36 bits per heavy atom. The third kappa shape index (κ3) is 24.4. The molecule has 0 aliphatic carbocycles. The maximum atomic E-state index is 12.3. The molecular weight excluding hydrogens is 596 g/mol. The molecule has 0 aromatic carbocycles. The molecule has 0 aromatic rings. The van der Waals surface area contributed by atoms with Crippen LogP contribution in [0, 0.1) is 5.92 Å². The topological polar surface area (TPSA) is 172 Å². The summed E-state index contributed by atoms with van der Waals surface area (Å²) < 4.78 is 24.6. The number of nitrogens with one attached hydrogen (secondary N) is 1. The van der Waals surface area contributed by atoms with Gasteiger partial charge in [-0.25, -0.2) is 8.42 Å². The second-order valence-corrected chi connectivity index (χ2v) is 14.7. The zero-order chi connectivity index (χ0) is 33.2. The zero-order valence-corrected chi connectivity index (χ0v) is 28.4. The lowest BCUT2D eigenvalue weighted by Gasteiger charge is -2.10. The van der Waals surface area contributed by atoms with Crippen LogP contribution in [0.4, 0.5) is 0 Å². The minimum atomic E-state index is -3.52. The summed E-state index contributed by atoms with van der Waals surface area (Å²) in [5.74, 6) is -2.34. The number of nitrogens with zero attached hydrogens (tertiary/aromatic N) is 3. The van der Waals surface area contributed by atoms with Gasteiger partial charge < -0.3 is 10.4 Å². The molecule has 0 radical (unpaired) electrons. The van der Waals surface area contributed by atoms with Crippen molar-refractivity contribution in [3.8, 4) is 0 Å². The largest absolute Gasteiger partial charge is 0.481 e. The Kier molecular flexibility index (Phi) is 23.1. The van der Waals surface area contributed by atoms with E-state index in [1.165, 1.54) is 57.8 Å². The molecule has 0 bridgehead atoms. The average Bonchev–Trinajstić information content (AvgIpc) is 3.50.